The molecule has 0 amide bonds. The molecule has 0 spiro atoms. The third-order valence-electron chi connectivity index (χ3n) is 9.34. The topological polar surface area (TPSA) is 75.6 Å². The molecule has 2 heterocycles. The number of benzene rings is 2. The number of ether oxygens (including phenoxy) is 6. The fourth-order valence-corrected chi connectivity index (χ4v) is 10.2. The number of unbranched alkanes of at least 4 members (excludes halogenated alkanes) is 4. The van der Waals surface area contributed by atoms with Gasteiger partial charge >= 0.3 is 0 Å². The van der Waals surface area contributed by atoms with Crippen molar-refractivity contribution in [2.75, 3.05) is 51.6 Å². The molecule has 0 aromatic heterocycles. The van der Waals surface area contributed by atoms with Crippen molar-refractivity contribution < 1.29 is 33.5 Å². The Morgan fingerprint density at radius 2 is 1.35 bits per heavy atom. The van der Waals surface area contributed by atoms with Crippen molar-refractivity contribution in [3.8, 4) is 5.75 Å². The first-order chi connectivity index (χ1) is 24.0. The minimum absolute atomic E-state index is 0.313. The van der Waals surface area contributed by atoms with Gasteiger partial charge < -0.3 is 33.5 Å². The first-order valence-electron chi connectivity index (χ1n) is 18.8. The highest BCUT2D eigenvalue weighted by molar-refractivity contribution is 8.18. The molecule has 4 rings (SSSR count). The van der Waals surface area contributed by atoms with Crippen LogP contribution in [0.1, 0.15) is 102 Å². The quantitative estimate of drug-likeness (QED) is 0.120. The van der Waals surface area contributed by atoms with Gasteiger partial charge in [-0.1, -0.05) is 89.8 Å². The molecule has 7 nitrogen and oxygen atoms in total. The molecule has 9 heteroatoms. The highest BCUT2D eigenvalue weighted by Crippen LogP contribution is 2.61. The zero-order chi connectivity index (χ0) is 35.0. The molecule has 2 aromatic rings. The van der Waals surface area contributed by atoms with E-state index in [0.29, 0.717) is 39.5 Å². The van der Waals surface area contributed by atoms with Crippen LogP contribution in [0.15, 0.2) is 48.5 Å². The third kappa shape index (κ3) is 10.4. The lowest BCUT2D eigenvalue weighted by atomic mass is 9.85. The predicted octanol–water partition coefficient (Wildman–Crippen LogP) is 8.77. The van der Waals surface area contributed by atoms with Crippen LogP contribution in [0.5, 0.6) is 5.75 Å². The Morgan fingerprint density at radius 3 is 1.98 bits per heavy atom. The SMILES string of the molecule is CCCCOC[C@H]1O[C@@](O)(C2(c3ccccc3Cc3ccc(OC)cc3)SCCCS2)[C@H](OCCCC)[C@@H](OCCCC)[C@@H]1OCCCC. The van der Waals surface area contributed by atoms with E-state index in [1.165, 1.54) is 5.56 Å². The summed E-state index contributed by atoms with van der Waals surface area (Å²) >= 11 is 3.56. The summed E-state index contributed by atoms with van der Waals surface area (Å²) in [5.74, 6) is 0.882. The Morgan fingerprint density at radius 1 is 0.755 bits per heavy atom. The molecule has 2 saturated heterocycles. The Bertz CT molecular complexity index is 1190. The van der Waals surface area contributed by atoms with E-state index in [0.717, 1.165) is 86.2 Å². The number of thioether (sulfide) groups is 2. The smallest absolute Gasteiger partial charge is 0.224 e. The first-order valence-corrected chi connectivity index (χ1v) is 20.8. The van der Waals surface area contributed by atoms with Crippen molar-refractivity contribution >= 4 is 23.5 Å². The van der Waals surface area contributed by atoms with Crippen LogP contribution < -0.4 is 4.74 Å². The molecule has 0 radical (unpaired) electrons. The maximum Gasteiger partial charge on any atom is 0.224 e. The van der Waals surface area contributed by atoms with Crippen molar-refractivity contribution in [1.82, 2.24) is 0 Å². The molecular formula is C40H62O7S2. The molecule has 2 aromatic carbocycles. The van der Waals surface area contributed by atoms with Gasteiger partial charge in [-0.2, -0.15) is 0 Å². The van der Waals surface area contributed by atoms with Crippen LogP contribution in [0.25, 0.3) is 0 Å². The van der Waals surface area contributed by atoms with Gasteiger partial charge in [0.25, 0.3) is 0 Å². The van der Waals surface area contributed by atoms with E-state index in [1.807, 2.05) is 12.1 Å². The maximum atomic E-state index is 13.6. The summed E-state index contributed by atoms with van der Waals surface area (Å²) in [4.78, 5) is 0. The van der Waals surface area contributed by atoms with Crippen LogP contribution in [0.4, 0.5) is 0 Å². The predicted molar refractivity (Wildman–Crippen MR) is 203 cm³/mol. The van der Waals surface area contributed by atoms with Crippen molar-refractivity contribution in [2.24, 2.45) is 0 Å². The lowest BCUT2D eigenvalue weighted by Gasteiger charge is -2.58. The lowest BCUT2D eigenvalue weighted by molar-refractivity contribution is -0.371. The molecule has 49 heavy (non-hydrogen) atoms. The second kappa shape index (κ2) is 21.3. The minimum atomic E-state index is -1.74. The van der Waals surface area contributed by atoms with Gasteiger partial charge in [0, 0.05) is 26.4 Å². The van der Waals surface area contributed by atoms with Gasteiger partial charge in [0.15, 0.2) is 0 Å². The van der Waals surface area contributed by atoms with Crippen LogP contribution >= 0.6 is 23.5 Å². The van der Waals surface area contributed by atoms with Crippen LogP contribution in [0.2, 0.25) is 0 Å². The molecule has 2 aliphatic rings. The fraction of sp³-hybridized carbons (Fsp3) is 0.700. The molecule has 1 N–H and O–H groups in total. The molecule has 0 aliphatic carbocycles. The summed E-state index contributed by atoms with van der Waals surface area (Å²) < 4.78 is 38.3. The summed E-state index contributed by atoms with van der Waals surface area (Å²) in [6.07, 6.45) is 7.22. The number of methoxy groups -OCH3 is 1. The Labute approximate surface area is 304 Å². The van der Waals surface area contributed by atoms with Crippen molar-refractivity contribution in [3.05, 3.63) is 65.2 Å². The van der Waals surface area contributed by atoms with Gasteiger partial charge in [-0.15, -0.1) is 23.5 Å². The number of hydrogen-bond acceptors (Lipinski definition) is 9. The largest absolute Gasteiger partial charge is 0.497 e. The third-order valence-corrected chi connectivity index (χ3v) is 12.9. The highest BCUT2D eigenvalue weighted by Gasteiger charge is 2.67. The zero-order valence-electron chi connectivity index (χ0n) is 30.7. The van der Waals surface area contributed by atoms with Crippen molar-refractivity contribution in [2.45, 2.75) is 126 Å². The van der Waals surface area contributed by atoms with E-state index in [-0.39, 0.29) is 0 Å². The summed E-state index contributed by atoms with van der Waals surface area (Å²) in [6, 6.07) is 16.8. The number of aliphatic hydroxyl groups is 1. The zero-order valence-corrected chi connectivity index (χ0v) is 32.3. The van der Waals surface area contributed by atoms with Crippen molar-refractivity contribution in [3.63, 3.8) is 0 Å². The number of rotatable bonds is 22. The van der Waals surface area contributed by atoms with Crippen LogP contribution in [0, 0.1) is 0 Å². The number of hydrogen-bond donors (Lipinski definition) is 1. The van der Waals surface area contributed by atoms with E-state index in [4.69, 9.17) is 28.4 Å². The second-order valence-corrected chi connectivity index (χ2v) is 16.0. The van der Waals surface area contributed by atoms with Crippen LogP contribution in [-0.4, -0.2) is 87.0 Å². The van der Waals surface area contributed by atoms with E-state index in [1.54, 1.807) is 30.6 Å². The summed E-state index contributed by atoms with van der Waals surface area (Å²) in [5.41, 5.74) is 3.39. The van der Waals surface area contributed by atoms with Gasteiger partial charge in [0.05, 0.1) is 13.7 Å². The van der Waals surface area contributed by atoms with Gasteiger partial charge in [0.1, 0.15) is 34.2 Å². The average Bonchev–Trinajstić information content (AvgIpc) is 3.13. The molecular weight excluding hydrogens is 657 g/mol. The fourth-order valence-electron chi connectivity index (χ4n) is 6.53. The van der Waals surface area contributed by atoms with E-state index in [9.17, 15) is 5.11 Å². The maximum absolute atomic E-state index is 13.6. The van der Waals surface area contributed by atoms with Gasteiger partial charge in [-0.3, -0.25) is 0 Å². The average molecular weight is 719 g/mol. The van der Waals surface area contributed by atoms with Crippen molar-refractivity contribution in [1.29, 1.82) is 0 Å². The molecule has 2 fully saturated rings. The van der Waals surface area contributed by atoms with E-state index < -0.39 is 34.3 Å². The van der Waals surface area contributed by atoms with E-state index >= 15 is 0 Å². The Balaban J connectivity index is 1.85. The normalized spacial score (nSPS) is 25.3. The molecule has 0 bridgehead atoms. The van der Waals surface area contributed by atoms with Gasteiger partial charge in [0.2, 0.25) is 5.79 Å². The molecule has 2 aliphatic heterocycles. The minimum Gasteiger partial charge on any atom is -0.497 e. The molecule has 0 unspecified atom stereocenters. The molecule has 5 atom stereocenters. The summed E-state index contributed by atoms with van der Waals surface area (Å²) in [7, 11) is 1.69. The molecule has 276 valence electrons. The summed E-state index contributed by atoms with van der Waals surface area (Å²) in [6.45, 7) is 11.2. The Hall–Kier alpha value is -1.30. The lowest BCUT2D eigenvalue weighted by Crippen LogP contribution is -2.72. The van der Waals surface area contributed by atoms with E-state index in [2.05, 4.69) is 64.1 Å². The van der Waals surface area contributed by atoms with Gasteiger partial charge in [-0.25, -0.2) is 0 Å². The second-order valence-electron chi connectivity index (χ2n) is 13.2. The van der Waals surface area contributed by atoms with Crippen LogP contribution in [0.3, 0.4) is 0 Å². The highest BCUT2D eigenvalue weighted by atomic mass is 32.2. The standard InChI is InChI=1S/C40H62O7S2/c1-6-10-23-43-30-35-36(44-24-11-7-2)37(45-25-12-8-3)38(46-26-13-9-4)39(41,47-35)40(48-27-16-28-49-40)34-18-15-14-17-32(34)29-31-19-21-33(42-5)22-20-31/h14-15,17-22,35-38,41H,6-13,16,23-30H2,1-5H3/t35-,36-,37+,38-,39-/m1/s1. The molecule has 0 saturated carbocycles. The van der Waals surface area contributed by atoms with Crippen LogP contribution in [-0.2, 0) is 34.2 Å². The Kier molecular flexibility index (Phi) is 17.6. The first kappa shape index (κ1) is 40.5. The summed E-state index contributed by atoms with van der Waals surface area (Å²) in [5, 5.41) is 13.6. The monoisotopic (exact) mass is 718 g/mol. The van der Waals surface area contributed by atoms with Gasteiger partial charge in [-0.05, 0) is 78.9 Å².